The topological polar surface area (TPSA) is 76.9 Å². The molecule has 0 aliphatic heterocycles. The van der Waals surface area contributed by atoms with Crippen molar-refractivity contribution in [3.8, 4) is 11.4 Å². The molecule has 0 spiro atoms. The summed E-state index contributed by atoms with van der Waals surface area (Å²) in [5.74, 6) is 0.871. The van der Waals surface area contributed by atoms with E-state index in [4.69, 9.17) is 0 Å². The lowest BCUT2D eigenvalue weighted by Gasteiger charge is -2.14. The van der Waals surface area contributed by atoms with Crippen LogP contribution in [0.3, 0.4) is 0 Å². The van der Waals surface area contributed by atoms with Crippen molar-refractivity contribution in [2.75, 3.05) is 11.1 Å². The number of nitrogens with zero attached hydrogens (tertiary/aromatic N) is 3. The molecule has 1 N–H and O–H groups in total. The first-order valence-corrected chi connectivity index (χ1v) is 11.7. The Hall–Kier alpha value is -2.45. The van der Waals surface area contributed by atoms with Crippen LogP contribution in [0, 0.1) is 6.92 Å². The Morgan fingerprint density at radius 2 is 2.03 bits per heavy atom. The van der Waals surface area contributed by atoms with Crippen LogP contribution in [-0.2, 0) is 11.2 Å². The Morgan fingerprint density at radius 3 is 2.70 bits per heavy atom. The van der Waals surface area contributed by atoms with Gasteiger partial charge < -0.3 is 5.32 Å². The van der Waals surface area contributed by atoms with Crippen molar-refractivity contribution >= 4 is 40.5 Å². The number of thioether (sulfide) groups is 1. The van der Waals surface area contributed by atoms with Gasteiger partial charge in [0.05, 0.1) is 5.75 Å². The number of carbonyl (C=O) groups excluding carboxylic acids is 2. The molecular weight excluding hydrogens is 416 g/mol. The number of Topliss-reactive ketones (excluding diaryl/α,β-unsaturated/α-hetero) is 1. The van der Waals surface area contributed by atoms with Gasteiger partial charge in [-0.15, -0.1) is 21.5 Å². The van der Waals surface area contributed by atoms with Gasteiger partial charge in [0.25, 0.3) is 0 Å². The van der Waals surface area contributed by atoms with E-state index in [-0.39, 0.29) is 23.5 Å². The lowest BCUT2D eigenvalue weighted by molar-refractivity contribution is -0.113. The number of aryl methyl sites for hydroxylation is 1. The Labute approximate surface area is 185 Å². The molecule has 0 radical (unpaired) electrons. The lowest BCUT2D eigenvalue weighted by Crippen LogP contribution is -2.15. The van der Waals surface area contributed by atoms with Gasteiger partial charge in [0.15, 0.2) is 16.8 Å². The Morgan fingerprint density at radius 1 is 1.27 bits per heavy atom. The van der Waals surface area contributed by atoms with E-state index in [1.165, 1.54) is 29.1 Å². The third-order valence-electron chi connectivity index (χ3n) is 4.76. The minimum absolute atomic E-state index is 0.0341. The van der Waals surface area contributed by atoms with Gasteiger partial charge in [0.2, 0.25) is 5.91 Å². The number of thiophene rings is 1. The average Bonchev–Trinajstić information content (AvgIpc) is 3.29. The van der Waals surface area contributed by atoms with Crippen molar-refractivity contribution < 1.29 is 9.59 Å². The van der Waals surface area contributed by atoms with E-state index in [2.05, 4.69) is 53.2 Å². The molecule has 0 unspecified atom stereocenters. The highest BCUT2D eigenvalue weighted by molar-refractivity contribution is 7.99. The molecule has 8 heteroatoms. The fourth-order valence-electron chi connectivity index (χ4n) is 3.27. The Bertz CT molecular complexity index is 1070. The summed E-state index contributed by atoms with van der Waals surface area (Å²) in [7, 11) is 0. The summed E-state index contributed by atoms with van der Waals surface area (Å²) in [6.07, 6.45) is 0.944. The molecule has 3 aromatic rings. The quantitative estimate of drug-likeness (QED) is 0.374. The van der Waals surface area contributed by atoms with Crippen molar-refractivity contribution in [2.45, 2.75) is 52.2 Å². The fraction of sp³-hybridized carbons (Fsp3) is 0.364. The second-order valence-corrected chi connectivity index (χ2v) is 9.31. The summed E-state index contributed by atoms with van der Waals surface area (Å²) >= 11 is 3.09. The van der Waals surface area contributed by atoms with Gasteiger partial charge in [0, 0.05) is 33.1 Å². The first-order chi connectivity index (χ1) is 14.3. The first-order valence-electron chi connectivity index (χ1n) is 9.87. The number of benzene rings is 1. The Balaban J connectivity index is 1.76. The Kier molecular flexibility index (Phi) is 7.10. The summed E-state index contributed by atoms with van der Waals surface area (Å²) in [6, 6.07) is 7.11. The van der Waals surface area contributed by atoms with Crippen LogP contribution in [0.4, 0.5) is 5.69 Å². The zero-order chi connectivity index (χ0) is 21.8. The van der Waals surface area contributed by atoms with Crippen molar-refractivity contribution in [1.29, 1.82) is 0 Å². The maximum absolute atomic E-state index is 12.5. The molecule has 2 aromatic heterocycles. The first kappa shape index (κ1) is 22.2. The predicted molar refractivity (Wildman–Crippen MR) is 124 cm³/mol. The molecular formula is C22H26N4O2S2. The van der Waals surface area contributed by atoms with Crippen molar-refractivity contribution in [3.63, 3.8) is 0 Å². The van der Waals surface area contributed by atoms with Crippen LogP contribution in [0.1, 0.15) is 54.5 Å². The van der Waals surface area contributed by atoms with Crippen LogP contribution in [0.5, 0.6) is 0 Å². The number of amides is 1. The van der Waals surface area contributed by atoms with Crippen LogP contribution in [-0.4, -0.2) is 32.2 Å². The van der Waals surface area contributed by atoms with E-state index in [9.17, 15) is 9.59 Å². The van der Waals surface area contributed by atoms with Gasteiger partial charge in [-0.1, -0.05) is 30.8 Å². The molecule has 0 aliphatic rings. The minimum atomic E-state index is -0.152. The molecule has 0 aliphatic carbocycles. The molecule has 0 bridgehead atoms. The van der Waals surface area contributed by atoms with Crippen molar-refractivity contribution in [1.82, 2.24) is 14.8 Å². The van der Waals surface area contributed by atoms with Crippen LogP contribution in [0.2, 0.25) is 0 Å². The lowest BCUT2D eigenvalue weighted by atomic mass is 10.1. The summed E-state index contributed by atoms with van der Waals surface area (Å²) in [6.45, 7) is 9.97. The standard InChI is InChI=1S/C22H26N4O2S2/c1-6-18-15(5)29-11-19(18)21-24-25-22(26(21)13(2)3)30-12-20(28)23-17-9-7-8-16(10-17)14(4)27/h7-11,13H,6,12H2,1-5H3,(H,23,28). The van der Waals surface area contributed by atoms with Gasteiger partial charge in [-0.2, -0.15) is 0 Å². The van der Waals surface area contributed by atoms with Gasteiger partial charge >= 0.3 is 0 Å². The van der Waals surface area contributed by atoms with Crippen molar-refractivity contribution in [3.05, 3.63) is 45.6 Å². The van der Waals surface area contributed by atoms with Crippen LogP contribution in [0.15, 0.2) is 34.8 Å². The van der Waals surface area contributed by atoms with E-state index in [0.29, 0.717) is 11.3 Å². The number of hydrogen-bond donors (Lipinski definition) is 1. The summed E-state index contributed by atoms with van der Waals surface area (Å²) in [4.78, 5) is 25.3. The molecule has 30 heavy (non-hydrogen) atoms. The predicted octanol–water partition coefficient (Wildman–Crippen LogP) is 5.39. The number of carbonyl (C=O) groups is 2. The van der Waals surface area contributed by atoms with E-state index >= 15 is 0 Å². The van der Waals surface area contributed by atoms with E-state index in [1.54, 1.807) is 35.6 Å². The molecule has 0 fully saturated rings. The molecule has 0 saturated carbocycles. The number of hydrogen-bond acceptors (Lipinski definition) is 6. The van der Waals surface area contributed by atoms with Gasteiger partial charge in [-0.05, 0) is 51.8 Å². The number of rotatable bonds is 8. The van der Waals surface area contributed by atoms with E-state index < -0.39 is 0 Å². The largest absolute Gasteiger partial charge is 0.325 e. The van der Waals surface area contributed by atoms with Crippen LogP contribution in [0.25, 0.3) is 11.4 Å². The summed E-state index contributed by atoms with van der Waals surface area (Å²) in [5.41, 5.74) is 3.61. The van der Waals surface area contributed by atoms with E-state index in [0.717, 1.165) is 23.0 Å². The molecule has 2 heterocycles. The van der Waals surface area contributed by atoms with Crippen LogP contribution < -0.4 is 5.32 Å². The minimum Gasteiger partial charge on any atom is -0.325 e. The highest BCUT2D eigenvalue weighted by Crippen LogP contribution is 2.34. The van der Waals surface area contributed by atoms with Crippen LogP contribution >= 0.6 is 23.1 Å². The highest BCUT2D eigenvalue weighted by Gasteiger charge is 2.21. The van der Waals surface area contributed by atoms with Gasteiger partial charge in [-0.25, -0.2) is 0 Å². The molecule has 3 rings (SSSR count). The number of ketones is 1. The third-order valence-corrected chi connectivity index (χ3v) is 6.66. The second-order valence-electron chi connectivity index (χ2n) is 7.28. The second kappa shape index (κ2) is 9.57. The van der Waals surface area contributed by atoms with Crippen molar-refractivity contribution in [2.24, 2.45) is 0 Å². The molecule has 1 aromatic carbocycles. The number of aromatic nitrogens is 3. The third kappa shape index (κ3) is 4.82. The SMILES string of the molecule is CCc1c(-c2nnc(SCC(=O)Nc3cccc(C(C)=O)c3)n2C(C)C)csc1C. The van der Waals surface area contributed by atoms with E-state index in [1.807, 2.05) is 0 Å². The zero-order valence-corrected chi connectivity index (χ0v) is 19.5. The normalized spacial score (nSPS) is 11.1. The smallest absolute Gasteiger partial charge is 0.234 e. The van der Waals surface area contributed by atoms with Gasteiger partial charge in [-0.3, -0.25) is 14.2 Å². The number of nitrogens with one attached hydrogen (secondary N) is 1. The number of anilines is 1. The fourth-order valence-corrected chi connectivity index (χ4v) is 5.08. The highest BCUT2D eigenvalue weighted by atomic mass is 32.2. The molecule has 0 atom stereocenters. The molecule has 158 valence electrons. The molecule has 6 nitrogen and oxygen atoms in total. The average molecular weight is 443 g/mol. The summed E-state index contributed by atoms with van der Waals surface area (Å²) in [5, 5.41) is 14.5. The maximum Gasteiger partial charge on any atom is 0.234 e. The van der Waals surface area contributed by atoms with Gasteiger partial charge in [0.1, 0.15) is 0 Å². The maximum atomic E-state index is 12.5. The summed E-state index contributed by atoms with van der Waals surface area (Å²) < 4.78 is 2.09. The molecule has 1 amide bonds. The monoisotopic (exact) mass is 442 g/mol. The zero-order valence-electron chi connectivity index (χ0n) is 17.9. The molecule has 0 saturated heterocycles.